The molecule has 2 rings (SSSR count). The maximum atomic E-state index is 11.7. The monoisotopic (exact) mass is 246 g/mol. The second-order valence-corrected chi connectivity index (χ2v) is 4.61. The molecule has 1 unspecified atom stereocenters. The highest BCUT2D eigenvalue weighted by molar-refractivity contribution is 7.07. The average molecular weight is 246 g/mol. The summed E-state index contributed by atoms with van der Waals surface area (Å²) in [6, 6.07) is 10.1. The highest BCUT2D eigenvalue weighted by Gasteiger charge is 2.10. The van der Waals surface area contributed by atoms with Crippen LogP contribution in [0, 0.1) is 0 Å². The molecule has 1 atom stereocenters. The summed E-state index contributed by atoms with van der Waals surface area (Å²) in [6.45, 7) is 2.72. The lowest BCUT2D eigenvalue weighted by molar-refractivity contribution is 0.0947. The number of thiazole rings is 1. The Balaban J connectivity index is 1.89. The Morgan fingerprint density at radius 1 is 1.41 bits per heavy atom. The lowest BCUT2D eigenvalue weighted by Crippen LogP contribution is -2.27. The number of benzene rings is 1. The molecule has 17 heavy (non-hydrogen) atoms. The molecule has 2 aromatic rings. The molecule has 0 bridgehead atoms. The quantitative estimate of drug-likeness (QED) is 0.901. The number of hydrogen-bond donors (Lipinski definition) is 1. The first-order chi connectivity index (χ1) is 8.27. The largest absolute Gasteiger partial charge is 0.350 e. The van der Waals surface area contributed by atoms with Crippen LogP contribution in [0.4, 0.5) is 0 Å². The van der Waals surface area contributed by atoms with Gasteiger partial charge in [0.2, 0.25) is 0 Å². The number of amides is 1. The van der Waals surface area contributed by atoms with E-state index in [-0.39, 0.29) is 5.91 Å². The molecule has 0 saturated carbocycles. The molecule has 1 aromatic carbocycles. The van der Waals surface area contributed by atoms with Gasteiger partial charge in [-0.15, -0.1) is 11.3 Å². The van der Waals surface area contributed by atoms with Gasteiger partial charge in [-0.25, -0.2) is 4.98 Å². The fourth-order valence-corrected chi connectivity index (χ4v) is 2.09. The van der Waals surface area contributed by atoms with E-state index in [1.807, 2.05) is 18.2 Å². The van der Waals surface area contributed by atoms with Gasteiger partial charge < -0.3 is 5.32 Å². The molecule has 0 saturated heterocycles. The molecule has 0 aliphatic rings. The van der Waals surface area contributed by atoms with Gasteiger partial charge in [-0.2, -0.15) is 0 Å². The molecule has 0 radical (unpaired) electrons. The van der Waals surface area contributed by atoms with Crippen molar-refractivity contribution in [1.82, 2.24) is 10.3 Å². The van der Waals surface area contributed by atoms with E-state index in [1.165, 1.54) is 16.9 Å². The fourth-order valence-electron chi connectivity index (χ4n) is 1.56. The van der Waals surface area contributed by atoms with E-state index in [0.29, 0.717) is 18.2 Å². The molecule has 1 aromatic heterocycles. The molecule has 1 heterocycles. The SMILES string of the molecule is CC(CNC(=O)c1cscn1)c1ccccc1. The first-order valence-electron chi connectivity index (χ1n) is 5.48. The van der Waals surface area contributed by atoms with Gasteiger partial charge >= 0.3 is 0 Å². The summed E-state index contributed by atoms with van der Waals surface area (Å²) in [5, 5.41) is 4.64. The zero-order chi connectivity index (χ0) is 12.1. The van der Waals surface area contributed by atoms with Crippen LogP contribution >= 0.6 is 11.3 Å². The summed E-state index contributed by atoms with van der Waals surface area (Å²) in [6.07, 6.45) is 0. The molecule has 88 valence electrons. The molecular weight excluding hydrogens is 232 g/mol. The molecule has 0 aliphatic carbocycles. The van der Waals surface area contributed by atoms with Crippen LogP contribution in [0.25, 0.3) is 0 Å². The van der Waals surface area contributed by atoms with Crippen LogP contribution in [-0.4, -0.2) is 17.4 Å². The number of hydrogen-bond acceptors (Lipinski definition) is 3. The van der Waals surface area contributed by atoms with Gasteiger partial charge in [0.1, 0.15) is 5.69 Å². The second-order valence-electron chi connectivity index (χ2n) is 3.90. The Labute approximate surface area is 105 Å². The number of carbonyl (C=O) groups excluding carboxylic acids is 1. The van der Waals surface area contributed by atoms with Gasteiger partial charge in [0, 0.05) is 11.9 Å². The van der Waals surface area contributed by atoms with Crippen molar-refractivity contribution in [1.29, 1.82) is 0 Å². The minimum Gasteiger partial charge on any atom is -0.350 e. The Morgan fingerprint density at radius 2 is 2.18 bits per heavy atom. The van der Waals surface area contributed by atoms with Crippen molar-refractivity contribution in [2.45, 2.75) is 12.8 Å². The Bertz CT molecular complexity index is 467. The highest BCUT2D eigenvalue weighted by Crippen LogP contribution is 2.13. The van der Waals surface area contributed by atoms with Crippen molar-refractivity contribution in [2.24, 2.45) is 0 Å². The molecule has 1 amide bonds. The van der Waals surface area contributed by atoms with E-state index in [0.717, 1.165) is 0 Å². The third-order valence-electron chi connectivity index (χ3n) is 2.60. The molecular formula is C13H14N2OS. The zero-order valence-electron chi connectivity index (χ0n) is 9.59. The molecule has 3 nitrogen and oxygen atoms in total. The van der Waals surface area contributed by atoms with Crippen LogP contribution in [0.5, 0.6) is 0 Å². The van der Waals surface area contributed by atoms with E-state index in [4.69, 9.17) is 0 Å². The van der Waals surface area contributed by atoms with E-state index in [2.05, 4.69) is 29.4 Å². The minimum absolute atomic E-state index is 0.103. The van der Waals surface area contributed by atoms with E-state index in [9.17, 15) is 4.79 Å². The summed E-state index contributed by atoms with van der Waals surface area (Å²) in [5.74, 6) is 0.202. The zero-order valence-corrected chi connectivity index (χ0v) is 10.4. The number of rotatable bonds is 4. The van der Waals surface area contributed by atoms with Crippen LogP contribution in [-0.2, 0) is 0 Å². The predicted molar refractivity (Wildman–Crippen MR) is 69.3 cm³/mol. The van der Waals surface area contributed by atoms with Gasteiger partial charge in [-0.05, 0) is 11.5 Å². The number of carbonyl (C=O) groups is 1. The third kappa shape index (κ3) is 3.14. The van der Waals surface area contributed by atoms with Gasteiger partial charge in [-0.3, -0.25) is 4.79 Å². The summed E-state index contributed by atoms with van der Waals surface area (Å²) in [5.41, 5.74) is 3.39. The highest BCUT2D eigenvalue weighted by atomic mass is 32.1. The predicted octanol–water partition coefficient (Wildman–Crippen LogP) is 2.68. The van der Waals surface area contributed by atoms with Crippen molar-refractivity contribution in [3.8, 4) is 0 Å². The van der Waals surface area contributed by atoms with Gasteiger partial charge in [0.25, 0.3) is 5.91 Å². The smallest absolute Gasteiger partial charge is 0.270 e. The van der Waals surface area contributed by atoms with Crippen LogP contribution in [0.3, 0.4) is 0 Å². The molecule has 1 N–H and O–H groups in total. The fraction of sp³-hybridized carbons (Fsp3) is 0.231. The van der Waals surface area contributed by atoms with Crippen LogP contribution < -0.4 is 5.32 Å². The van der Waals surface area contributed by atoms with Gasteiger partial charge in [0.15, 0.2) is 0 Å². The minimum atomic E-state index is -0.103. The second kappa shape index (κ2) is 5.59. The average Bonchev–Trinajstić information content (AvgIpc) is 2.90. The Morgan fingerprint density at radius 3 is 2.82 bits per heavy atom. The number of nitrogens with one attached hydrogen (secondary N) is 1. The van der Waals surface area contributed by atoms with Crippen molar-refractivity contribution >= 4 is 17.2 Å². The maximum Gasteiger partial charge on any atom is 0.270 e. The van der Waals surface area contributed by atoms with Crippen LogP contribution in [0.2, 0.25) is 0 Å². The first-order valence-corrected chi connectivity index (χ1v) is 6.43. The normalized spacial score (nSPS) is 12.1. The Hall–Kier alpha value is -1.68. The summed E-state index contributed by atoms with van der Waals surface area (Å²) in [4.78, 5) is 15.6. The van der Waals surface area contributed by atoms with E-state index < -0.39 is 0 Å². The van der Waals surface area contributed by atoms with Gasteiger partial charge in [-0.1, -0.05) is 37.3 Å². The van der Waals surface area contributed by atoms with Crippen molar-refractivity contribution in [3.05, 3.63) is 52.5 Å². The van der Waals surface area contributed by atoms with Crippen molar-refractivity contribution in [3.63, 3.8) is 0 Å². The van der Waals surface area contributed by atoms with Crippen LogP contribution in [0.15, 0.2) is 41.2 Å². The summed E-state index contributed by atoms with van der Waals surface area (Å²) in [7, 11) is 0. The number of nitrogens with zero attached hydrogens (tertiary/aromatic N) is 1. The maximum absolute atomic E-state index is 11.7. The van der Waals surface area contributed by atoms with E-state index >= 15 is 0 Å². The summed E-state index contributed by atoms with van der Waals surface area (Å²) >= 11 is 1.43. The topological polar surface area (TPSA) is 42.0 Å². The molecule has 4 heteroatoms. The lowest BCUT2D eigenvalue weighted by Gasteiger charge is -2.12. The molecule has 0 fully saturated rings. The van der Waals surface area contributed by atoms with E-state index in [1.54, 1.807) is 10.9 Å². The molecule has 0 spiro atoms. The van der Waals surface area contributed by atoms with Gasteiger partial charge in [0.05, 0.1) is 5.51 Å². The van der Waals surface area contributed by atoms with Crippen molar-refractivity contribution in [2.75, 3.05) is 6.54 Å². The molecule has 0 aliphatic heterocycles. The summed E-state index contributed by atoms with van der Waals surface area (Å²) < 4.78 is 0. The Kier molecular flexibility index (Phi) is 3.88. The first kappa shape index (κ1) is 11.8. The number of aromatic nitrogens is 1. The van der Waals surface area contributed by atoms with Crippen molar-refractivity contribution < 1.29 is 4.79 Å². The third-order valence-corrected chi connectivity index (χ3v) is 3.19. The van der Waals surface area contributed by atoms with Crippen LogP contribution in [0.1, 0.15) is 28.9 Å². The lowest BCUT2D eigenvalue weighted by atomic mass is 10.0. The standard InChI is InChI=1S/C13H14N2OS/c1-10(11-5-3-2-4-6-11)7-14-13(16)12-8-17-9-15-12/h2-6,8-10H,7H2,1H3,(H,14,16).